The number of benzene rings is 10. The monoisotopic (exact) mass is 988 g/mol. The van der Waals surface area contributed by atoms with Crippen LogP contribution in [-0.4, -0.2) is 9.13 Å². The van der Waals surface area contributed by atoms with Crippen molar-refractivity contribution < 1.29 is 0 Å². The molecule has 0 N–H and O–H groups in total. The van der Waals surface area contributed by atoms with Crippen LogP contribution >= 0.6 is 0 Å². The van der Waals surface area contributed by atoms with Crippen molar-refractivity contribution in [3.8, 4) is 33.4 Å². The van der Waals surface area contributed by atoms with Gasteiger partial charge in [-0.3, -0.25) is 0 Å². The predicted octanol–water partition coefficient (Wildman–Crippen LogP) is 20.5. The average Bonchev–Trinajstić information content (AvgIpc) is 4.05. The van der Waals surface area contributed by atoms with E-state index in [2.05, 4.69) is 305 Å². The first-order valence-corrected chi connectivity index (χ1v) is 27.0. The van der Waals surface area contributed by atoms with Crippen molar-refractivity contribution in [2.24, 2.45) is 5.92 Å². The standard InChI is InChI=1S/C73H56N4/c1-51-18-15-27-61(46-51)77-71-33-14-12-31-67(71)69-50-65(43-45-73(69)77)75(63-29-17-24-57(48-63)53-21-7-3-8-22-53)60-40-36-55(37-41-60)54-34-38-59(39-35-54)74(62-28-16-23-56(47-62)52-19-5-2-6-20-52)64-42-44-72-68(49-64)66-30-11-13-32-70(66)76(72)58-25-9-4-10-26-58/h2-3,5-9,11-17,19-51H,4,10,18H2,1H3. The second-order valence-electron chi connectivity index (χ2n) is 20.5. The number of para-hydroxylation sites is 2. The maximum absolute atomic E-state index is 2.44. The van der Waals surface area contributed by atoms with Crippen molar-refractivity contribution in [3.63, 3.8) is 0 Å². The zero-order valence-corrected chi connectivity index (χ0v) is 43.0. The van der Waals surface area contributed by atoms with Gasteiger partial charge in [-0.2, -0.15) is 0 Å². The van der Waals surface area contributed by atoms with Gasteiger partial charge in [-0.05, 0) is 168 Å². The van der Waals surface area contributed by atoms with E-state index in [9.17, 15) is 0 Å². The lowest BCUT2D eigenvalue weighted by atomic mass is 10.0. The molecule has 12 aromatic rings. The Kier molecular flexibility index (Phi) is 11.7. The first-order valence-electron chi connectivity index (χ1n) is 27.0. The molecular weight excluding hydrogens is 933 g/mol. The fourth-order valence-corrected chi connectivity index (χ4v) is 11.9. The van der Waals surface area contributed by atoms with Gasteiger partial charge >= 0.3 is 0 Å². The van der Waals surface area contributed by atoms with E-state index in [1.807, 2.05) is 0 Å². The molecule has 14 rings (SSSR count). The van der Waals surface area contributed by atoms with Gasteiger partial charge < -0.3 is 18.9 Å². The van der Waals surface area contributed by atoms with Crippen molar-refractivity contribution in [2.45, 2.75) is 26.2 Å². The molecule has 4 heteroatoms. The lowest BCUT2D eigenvalue weighted by Gasteiger charge is -2.27. The number of hydrogen-bond donors (Lipinski definition) is 0. The highest BCUT2D eigenvalue weighted by atomic mass is 15.1. The maximum atomic E-state index is 2.44. The van der Waals surface area contributed by atoms with Gasteiger partial charge in [0.1, 0.15) is 0 Å². The van der Waals surface area contributed by atoms with Crippen molar-refractivity contribution >= 4 is 89.1 Å². The van der Waals surface area contributed by atoms with Crippen LogP contribution in [0.25, 0.3) is 88.4 Å². The quantitative estimate of drug-likeness (QED) is 0.128. The van der Waals surface area contributed by atoms with Crippen LogP contribution in [0.2, 0.25) is 0 Å². The molecule has 2 aliphatic carbocycles. The smallest absolute Gasteiger partial charge is 0.0542 e. The Labute approximate surface area is 450 Å². The number of hydrogen-bond acceptors (Lipinski definition) is 2. The highest BCUT2D eigenvalue weighted by Crippen LogP contribution is 2.44. The molecule has 0 bridgehead atoms. The van der Waals surface area contributed by atoms with E-state index < -0.39 is 0 Å². The van der Waals surface area contributed by atoms with Crippen LogP contribution in [0, 0.1) is 5.92 Å². The molecule has 0 radical (unpaired) electrons. The summed E-state index contributed by atoms with van der Waals surface area (Å²) in [6.07, 6.45) is 17.1. The van der Waals surface area contributed by atoms with Gasteiger partial charge in [-0.25, -0.2) is 0 Å². The highest BCUT2D eigenvalue weighted by molar-refractivity contribution is 6.13. The van der Waals surface area contributed by atoms with E-state index in [-0.39, 0.29) is 0 Å². The summed E-state index contributed by atoms with van der Waals surface area (Å²) < 4.78 is 4.87. The minimum atomic E-state index is 0.486. The molecule has 10 aromatic carbocycles. The van der Waals surface area contributed by atoms with E-state index >= 15 is 0 Å². The van der Waals surface area contributed by atoms with Crippen LogP contribution in [0.4, 0.5) is 34.1 Å². The summed E-state index contributed by atoms with van der Waals surface area (Å²) in [5.41, 5.74) is 20.9. The number of nitrogens with zero attached hydrogens (tertiary/aromatic N) is 4. The molecule has 0 saturated heterocycles. The molecule has 0 spiro atoms. The normalized spacial score (nSPS) is 14.3. The molecule has 4 nitrogen and oxygen atoms in total. The van der Waals surface area contributed by atoms with Gasteiger partial charge in [-0.15, -0.1) is 0 Å². The fraction of sp³-hybridized carbons (Fsp3) is 0.0685. The van der Waals surface area contributed by atoms with E-state index in [1.54, 1.807) is 0 Å². The second kappa shape index (κ2) is 19.6. The van der Waals surface area contributed by atoms with E-state index in [1.165, 1.54) is 77.3 Å². The van der Waals surface area contributed by atoms with Crippen LogP contribution in [0.15, 0.2) is 279 Å². The highest BCUT2D eigenvalue weighted by Gasteiger charge is 2.22. The van der Waals surface area contributed by atoms with E-state index in [4.69, 9.17) is 0 Å². The van der Waals surface area contributed by atoms with Crippen LogP contribution < -0.4 is 9.80 Å². The molecule has 1 atom stereocenters. The molecule has 2 aliphatic rings. The Morgan fingerprint density at radius 2 is 0.740 bits per heavy atom. The Morgan fingerprint density at radius 3 is 1.23 bits per heavy atom. The van der Waals surface area contributed by atoms with Gasteiger partial charge in [0.15, 0.2) is 0 Å². The molecule has 0 aliphatic heterocycles. The van der Waals surface area contributed by atoms with Crippen LogP contribution in [0.5, 0.6) is 0 Å². The molecule has 0 saturated carbocycles. The minimum Gasteiger partial charge on any atom is -0.310 e. The zero-order chi connectivity index (χ0) is 51.2. The Hall–Kier alpha value is -9.64. The van der Waals surface area contributed by atoms with Crippen molar-refractivity contribution in [1.29, 1.82) is 0 Å². The summed E-state index contributed by atoms with van der Waals surface area (Å²) in [4.78, 5) is 4.81. The van der Waals surface area contributed by atoms with Crippen LogP contribution in [-0.2, 0) is 0 Å². The van der Waals surface area contributed by atoms with Gasteiger partial charge in [-0.1, -0.05) is 177 Å². The van der Waals surface area contributed by atoms with E-state index in [0.29, 0.717) is 5.92 Å². The number of aromatic nitrogens is 2. The van der Waals surface area contributed by atoms with Crippen LogP contribution in [0.3, 0.4) is 0 Å². The lowest BCUT2D eigenvalue weighted by molar-refractivity contribution is 0.735. The lowest BCUT2D eigenvalue weighted by Crippen LogP contribution is -2.10. The first kappa shape index (κ1) is 45.9. The van der Waals surface area contributed by atoms with Crippen LogP contribution in [0.1, 0.15) is 26.2 Å². The van der Waals surface area contributed by atoms with Gasteiger partial charge in [0, 0.05) is 67.1 Å². The molecule has 368 valence electrons. The summed E-state index contributed by atoms with van der Waals surface area (Å²) in [6, 6.07) is 89.0. The van der Waals surface area contributed by atoms with E-state index in [0.717, 1.165) is 64.5 Å². The molecule has 2 aromatic heterocycles. The molecule has 0 amide bonds. The summed E-state index contributed by atoms with van der Waals surface area (Å²) in [5.74, 6) is 0.486. The Bertz CT molecular complexity index is 4300. The van der Waals surface area contributed by atoms with Gasteiger partial charge in [0.25, 0.3) is 0 Å². The van der Waals surface area contributed by atoms with Crippen molar-refractivity contribution in [2.75, 3.05) is 9.80 Å². The molecule has 2 heterocycles. The fourth-order valence-electron chi connectivity index (χ4n) is 11.9. The zero-order valence-electron chi connectivity index (χ0n) is 43.0. The number of allylic oxidation sites excluding steroid dienone is 8. The average molecular weight is 989 g/mol. The third-order valence-corrected chi connectivity index (χ3v) is 15.6. The minimum absolute atomic E-state index is 0.486. The SMILES string of the molecule is CC1C=C(n2c3ccccc3c3cc(N(c4ccc(-c5ccc(N(c6cccc(-c7ccccc7)c6)c6ccc7c(c6)c6ccccc6n7C6=CCCC=C6)cc5)cc4)c4cccc(-c5ccccc5)c4)ccc32)C=CC1. The topological polar surface area (TPSA) is 16.3 Å². The summed E-state index contributed by atoms with van der Waals surface area (Å²) in [5, 5.41) is 4.95. The first-order chi connectivity index (χ1) is 38.1. The summed E-state index contributed by atoms with van der Waals surface area (Å²) in [7, 11) is 0. The Balaban J connectivity index is 0.854. The third kappa shape index (κ3) is 8.45. The third-order valence-electron chi connectivity index (χ3n) is 15.6. The molecule has 0 fully saturated rings. The molecular formula is C73H56N4. The summed E-state index contributed by atoms with van der Waals surface area (Å²) >= 11 is 0. The van der Waals surface area contributed by atoms with Crippen molar-refractivity contribution in [3.05, 3.63) is 279 Å². The predicted molar refractivity (Wildman–Crippen MR) is 328 cm³/mol. The molecule has 1 unspecified atom stereocenters. The maximum Gasteiger partial charge on any atom is 0.0542 e. The van der Waals surface area contributed by atoms with Gasteiger partial charge in [0.05, 0.1) is 22.1 Å². The van der Waals surface area contributed by atoms with Gasteiger partial charge in [0.2, 0.25) is 0 Å². The second-order valence-corrected chi connectivity index (χ2v) is 20.5. The van der Waals surface area contributed by atoms with Crippen molar-refractivity contribution in [1.82, 2.24) is 9.13 Å². The largest absolute Gasteiger partial charge is 0.310 e. The number of fused-ring (bicyclic) bond motifs is 6. The number of rotatable bonds is 11. The Morgan fingerprint density at radius 1 is 0.325 bits per heavy atom. The summed E-state index contributed by atoms with van der Waals surface area (Å²) in [6.45, 7) is 2.30. The number of anilines is 6. The molecule has 77 heavy (non-hydrogen) atoms.